The number of carbonyl (C=O) groups excluding carboxylic acids is 1. The lowest BCUT2D eigenvalue weighted by Crippen LogP contribution is -2.17. The van der Waals surface area contributed by atoms with Crippen molar-refractivity contribution in [2.24, 2.45) is 0 Å². The van der Waals surface area contributed by atoms with Gasteiger partial charge in [0.05, 0.1) is 17.8 Å². The highest BCUT2D eigenvalue weighted by atomic mass is 35.5. The fraction of sp³-hybridized carbons (Fsp3) is 0.0952. The molecule has 9 heteroatoms. The van der Waals surface area contributed by atoms with Crippen LogP contribution < -0.4 is 14.8 Å². The zero-order chi connectivity index (χ0) is 21.9. The van der Waals surface area contributed by atoms with Gasteiger partial charge in [-0.3, -0.25) is 9.52 Å². The average Bonchev–Trinajstić information content (AvgIpc) is 2.71. The van der Waals surface area contributed by atoms with Crippen molar-refractivity contribution in [3.8, 4) is 5.75 Å². The Kier molecular flexibility index (Phi) is 6.28. The van der Waals surface area contributed by atoms with Crippen LogP contribution in [0.5, 0.6) is 5.75 Å². The summed E-state index contributed by atoms with van der Waals surface area (Å²) < 4.78 is 46.9. The first kappa shape index (κ1) is 21.6. The summed E-state index contributed by atoms with van der Waals surface area (Å²) in [7, 11) is -2.76. The largest absolute Gasteiger partial charge is 0.495 e. The van der Waals surface area contributed by atoms with Crippen LogP contribution in [0.1, 0.15) is 15.9 Å². The van der Waals surface area contributed by atoms with Crippen molar-refractivity contribution in [2.45, 2.75) is 11.8 Å². The van der Waals surface area contributed by atoms with Crippen LogP contribution in [0.3, 0.4) is 0 Å². The Hall–Kier alpha value is -3.10. The maximum absolute atomic E-state index is 13.5. The number of rotatable bonds is 6. The van der Waals surface area contributed by atoms with Crippen LogP contribution in [0.25, 0.3) is 0 Å². The molecular weight excluding hydrogens is 431 g/mol. The van der Waals surface area contributed by atoms with Crippen LogP contribution in [0.2, 0.25) is 5.02 Å². The molecular formula is C21H18ClFN2O4S. The van der Waals surface area contributed by atoms with Gasteiger partial charge in [-0.25, -0.2) is 12.8 Å². The molecule has 0 spiro atoms. The molecule has 3 rings (SSSR count). The second-order valence-electron chi connectivity index (χ2n) is 6.36. The minimum atomic E-state index is -4.09. The lowest BCUT2D eigenvalue weighted by Gasteiger charge is -2.14. The maximum Gasteiger partial charge on any atom is 0.265 e. The Balaban J connectivity index is 1.94. The number of ether oxygens (including phenoxy) is 1. The molecule has 30 heavy (non-hydrogen) atoms. The smallest absolute Gasteiger partial charge is 0.265 e. The monoisotopic (exact) mass is 448 g/mol. The number of halogens is 2. The Morgan fingerprint density at radius 3 is 2.50 bits per heavy atom. The van der Waals surface area contributed by atoms with Gasteiger partial charge in [-0.2, -0.15) is 0 Å². The summed E-state index contributed by atoms with van der Waals surface area (Å²) in [4.78, 5) is 12.4. The van der Waals surface area contributed by atoms with Gasteiger partial charge in [-0.1, -0.05) is 29.8 Å². The molecule has 0 saturated heterocycles. The van der Waals surface area contributed by atoms with Crippen LogP contribution >= 0.6 is 11.6 Å². The lowest BCUT2D eigenvalue weighted by molar-refractivity contribution is 0.102. The van der Waals surface area contributed by atoms with E-state index in [-0.39, 0.29) is 32.6 Å². The van der Waals surface area contributed by atoms with Crippen molar-refractivity contribution in [1.29, 1.82) is 0 Å². The van der Waals surface area contributed by atoms with E-state index in [2.05, 4.69) is 10.0 Å². The highest BCUT2D eigenvalue weighted by Crippen LogP contribution is 2.31. The normalized spacial score (nSPS) is 11.1. The topological polar surface area (TPSA) is 84.5 Å². The van der Waals surface area contributed by atoms with Crippen LogP contribution in [0, 0.1) is 12.7 Å². The number of sulfonamides is 1. The maximum atomic E-state index is 13.5. The predicted octanol–water partition coefficient (Wildman–Crippen LogP) is 4.85. The van der Waals surface area contributed by atoms with E-state index in [1.54, 1.807) is 25.1 Å². The summed E-state index contributed by atoms with van der Waals surface area (Å²) >= 11 is 6.04. The second kappa shape index (κ2) is 8.73. The Bertz CT molecular complexity index is 1220. The molecule has 3 aromatic rings. The van der Waals surface area contributed by atoms with Crippen molar-refractivity contribution in [1.82, 2.24) is 0 Å². The SMILES string of the molecule is COc1ccc(NC(=O)c2cc(F)ccc2C)cc1S(=O)(=O)Nc1ccccc1Cl. The molecule has 0 unspecified atom stereocenters. The number of amides is 1. The fourth-order valence-electron chi connectivity index (χ4n) is 2.75. The van der Waals surface area contributed by atoms with Gasteiger partial charge < -0.3 is 10.1 Å². The molecule has 0 fully saturated rings. The van der Waals surface area contributed by atoms with E-state index in [1.807, 2.05) is 0 Å². The molecule has 0 atom stereocenters. The quantitative estimate of drug-likeness (QED) is 0.564. The van der Waals surface area contributed by atoms with Gasteiger partial charge >= 0.3 is 0 Å². The van der Waals surface area contributed by atoms with Gasteiger partial charge in [-0.05, 0) is 55.0 Å². The number of hydrogen-bond acceptors (Lipinski definition) is 4. The van der Waals surface area contributed by atoms with Gasteiger partial charge in [0.15, 0.2) is 0 Å². The number of anilines is 2. The van der Waals surface area contributed by atoms with E-state index in [0.29, 0.717) is 5.56 Å². The second-order valence-corrected chi connectivity index (χ2v) is 8.42. The summed E-state index contributed by atoms with van der Waals surface area (Å²) in [5.74, 6) is -1.04. The minimum Gasteiger partial charge on any atom is -0.495 e. The van der Waals surface area contributed by atoms with Gasteiger partial charge in [0, 0.05) is 11.3 Å². The number of carbonyl (C=O) groups is 1. The summed E-state index contributed by atoms with van der Waals surface area (Å²) in [5, 5.41) is 2.81. The molecule has 0 aliphatic heterocycles. The van der Waals surface area contributed by atoms with E-state index in [1.165, 1.54) is 43.5 Å². The van der Waals surface area contributed by atoms with Crippen LogP contribution in [0.4, 0.5) is 15.8 Å². The first-order chi connectivity index (χ1) is 14.2. The van der Waals surface area contributed by atoms with Crippen molar-refractivity contribution in [3.63, 3.8) is 0 Å². The molecule has 0 aliphatic carbocycles. The number of aryl methyl sites for hydroxylation is 1. The van der Waals surface area contributed by atoms with E-state index in [0.717, 1.165) is 6.07 Å². The zero-order valence-electron chi connectivity index (χ0n) is 16.1. The molecule has 0 aliphatic rings. The number of para-hydroxylation sites is 1. The highest BCUT2D eigenvalue weighted by molar-refractivity contribution is 7.92. The van der Waals surface area contributed by atoms with E-state index >= 15 is 0 Å². The molecule has 0 aromatic heterocycles. The van der Waals surface area contributed by atoms with Crippen molar-refractivity contribution in [3.05, 3.63) is 82.6 Å². The molecule has 1 amide bonds. The van der Waals surface area contributed by atoms with Crippen molar-refractivity contribution >= 4 is 38.9 Å². The van der Waals surface area contributed by atoms with E-state index < -0.39 is 21.7 Å². The number of nitrogens with one attached hydrogen (secondary N) is 2. The lowest BCUT2D eigenvalue weighted by atomic mass is 10.1. The molecule has 0 saturated carbocycles. The van der Waals surface area contributed by atoms with Crippen LogP contribution in [-0.2, 0) is 10.0 Å². The summed E-state index contributed by atoms with van der Waals surface area (Å²) in [6, 6.07) is 14.4. The first-order valence-electron chi connectivity index (χ1n) is 8.74. The van der Waals surface area contributed by atoms with E-state index in [4.69, 9.17) is 16.3 Å². The minimum absolute atomic E-state index is 0.0782. The van der Waals surface area contributed by atoms with Gasteiger partial charge in [0.2, 0.25) is 0 Å². The molecule has 3 aromatic carbocycles. The zero-order valence-corrected chi connectivity index (χ0v) is 17.6. The summed E-state index contributed by atoms with van der Waals surface area (Å²) in [6.45, 7) is 1.67. The van der Waals surface area contributed by atoms with Crippen molar-refractivity contribution in [2.75, 3.05) is 17.1 Å². The number of benzene rings is 3. The van der Waals surface area contributed by atoms with Crippen molar-refractivity contribution < 1.29 is 22.3 Å². The third-order valence-corrected chi connectivity index (χ3v) is 5.99. The summed E-state index contributed by atoms with van der Waals surface area (Å²) in [6.07, 6.45) is 0. The molecule has 0 bridgehead atoms. The van der Waals surface area contributed by atoms with E-state index in [9.17, 15) is 17.6 Å². The molecule has 0 heterocycles. The van der Waals surface area contributed by atoms with Gasteiger partial charge in [-0.15, -0.1) is 0 Å². The van der Waals surface area contributed by atoms with Gasteiger partial charge in [0.1, 0.15) is 16.5 Å². The predicted molar refractivity (Wildman–Crippen MR) is 114 cm³/mol. The Morgan fingerprint density at radius 1 is 1.07 bits per heavy atom. The molecule has 0 radical (unpaired) electrons. The molecule has 2 N–H and O–H groups in total. The highest BCUT2D eigenvalue weighted by Gasteiger charge is 2.22. The fourth-order valence-corrected chi connectivity index (χ4v) is 4.26. The number of hydrogen-bond donors (Lipinski definition) is 2. The molecule has 6 nitrogen and oxygen atoms in total. The Morgan fingerprint density at radius 2 is 1.80 bits per heavy atom. The standard InChI is InChI=1S/C21H18ClFN2O4S/c1-13-7-8-14(23)11-16(13)21(26)24-15-9-10-19(29-2)20(12-15)30(27,28)25-18-6-4-3-5-17(18)22/h3-12,25H,1-2H3,(H,24,26). The third-order valence-electron chi connectivity index (χ3n) is 4.27. The number of methoxy groups -OCH3 is 1. The van der Waals surface area contributed by atoms with Crippen LogP contribution in [0.15, 0.2) is 65.6 Å². The summed E-state index contributed by atoms with van der Waals surface area (Å²) in [5.41, 5.74) is 1.12. The van der Waals surface area contributed by atoms with Gasteiger partial charge in [0.25, 0.3) is 15.9 Å². The average molecular weight is 449 g/mol. The van der Waals surface area contributed by atoms with Crippen LogP contribution in [-0.4, -0.2) is 21.4 Å². The Labute approximate surface area is 178 Å². The first-order valence-corrected chi connectivity index (χ1v) is 10.6. The third kappa shape index (κ3) is 4.72. The molecule has 156 valence electrons.